The number of carbonyl (C=O) groups is 2. The fourth-order valence-electron chi connectivity index (χ4n) is 4.05. The molecule has 2 fully saturated rings. The van der Waals surface area contributed by atoms with E-state index in [1.54, 1.807) is 0 Å². The number of alkyl carbamates (subject to hydrolysis) is 1. The molecule has 0 aliphatic carbocycles. The minimum atomic E-state index is -0.737. The zero-order valence-corrected chi connectivity index (χ0v) is 15.8. The Morgan fingerprint density at radius 2 is 1.96 bits per heavy atom. The van der Waals surface area contributed by atoms with Crippen molar-refractivity contribution < 1.29 is 24.2 Å². The van der Waals surface area contributed by atoms with E-state index in [0.29, 0.717) is 43.6 Å². The van der Waals surface area contributed by atoms with Crippen LogP contribution in [0, 0.1) is 11.8 Å². The predicted octanol–water partition coefficient (Wildman–Crippen LogP) is 3.90. The fraction of sp³-hybridized carbons (Fsp3) is 0.800. The second kappa shape index (κ2) is 11.2. The van der Waals surface area contributed by atoms with Crippen LogP contribution >= 0.6 is 0 Å². The van der Waals surface area contributed by atoms with Crippen molar-refractivity contribution in [1.82, 2.24) is 5.32 Å². The van der Waals surface area contributed by atoms with Gasteiger partial charge < -0.3 is 19.9 Å². The molecule has 2 N–H and O–H groups in total. The highest BCUT2D eigenvalue weighted by Gasteiger charge is 2.47. The zero-order valence-electron chi connectivity index (χ0n) is 15.8. The minimum Gasteiger partial charge on any atom is -0.481 e. The zero-order chi connectivity index (χ0) is 18.8. The number of hydrogen-bond donors (Lipinski definition) is 2. The van der Waals surface area contributed by atoms with E-state index in [0.717, 1.165) is 44.9 Å². The van der Waals surface area contributed by atoms with Crippen LogP contribution in [-0.4, -0.2) is 42.5 Å². The molecule has 0 aromatic rings. The van der Waals surface area contributed by atoms with Crippen LogP contribution in [0.2, 0.25) is 0 Å². The number of ether oxygens (including phenoxy) is 2. The first-order valence-electron chi connectivity index (χ1n) is 10.0. The highest BCUT2D eigenvalue weighted by molar-refractivity contribution is 5.67. The molecule has 6 nitrogen and oxygen atoms in total. The summed E-state index contributed by atoms with van der Waals surface area (Å²) < 4.78 is 11.4. The summed E-state index contributed by atoms with van der Waals surface area (Å²) >= 11 is 0. The van der Waals surface area contributed by atoms with Crippen molar-refractivity contribution in [3.63, 3.8) is 0 Å². The molecule has 0 aromatic heterocycles. The Morgan fingerprint density at radius 3 is 2.69 bits per heavy atom. The number of fused-ring (bicyclic) bond motifs is 2. The van der Waals surface area contributed by atoms with Crippen LogP contribution in [-0.2, 0) is 14.3 Å². The van der Waals surface area contributed by atoms with Gasteiger partial charge in [-0.05, 0) is 56.8 Å². The third-order valence-corrected chi connectivity index (χ3v) is 5.41. The van der Waals surface area contributed by atoms with Crippen LogP contribution in [0.5, 0.6) is 0 Å². The predicted molar refractivity (Wildman–Crippen MR) is 99.0 cm³/mol. The molecule has 2 bridgehead atoms. The number of hydrogen-bond acceptors (Lipinski definition) is 4. The van der Waals surface area contributed by atoms with Gasteiger partial charge in [0.15, 0.2) is 0 Å². The first kappa shape index (κ1) is 20.7. The highest BCUT2D eigenvalue weighted by Crippen LogP contribution is 2.46. The minimum absolute atomic E-state index is 0.224. The van der Waals surface area contributed by atoms with Gasteiger partial charge in [-0.2, -0.15) is 0 Å². The van der Waals surface area contributed by atoms with Crippen molar-refractivity contribution in [3.05, 3.63) is 12.2 Å². The summed E-state index contributed by atoms with van der Waals surface area (Å²) in [5.74, 6) is 0.191. The van der Waals surface area contributed by atoms with Crippen LogP contribution in [0.4, 0.5) is 4.79 Å². The Balaban J connectivity index is 1.68. The molecule has 2 rings (SSSR count). The molecule has 0 radical (unpaired) electrons. The van der Waals surface area contributed by atoms with Gasteiger partial charge in [-0.15, -0.1) is 0 Å². The SMILES string of the molecule is CCCCNC(=O)OCC[C@H]1[C@@H](C/C=C\CCCC(=O)O)[C@H]2CC[C@@H]1O2. The number of allylic oxidation sites excluding steroid dienone is 2. The Kier molecular flexibility index (Phi) is 8.95. The van der Waals surface area contributed by atoms with Gasteiger partial charge in [0.1, 0.15) is 0 Å². The Bertz CT molecular complexity index is 479. The average Bonchev–Trinajstić information content (AvgIpc) is 3.20. The van der Waals surface area contributed by atoms with E-state index in [2.05, 4.69) is 24.4 Å². The van der Waals surface area contributed by atoms with Crippen molar-refractivity contribution in [2.75, 3.05) is 13.2 Å². The number of amides is 1. The van der Waals surface area contributed by atoms with E-state index < -0.39 is 5.97 Å². The number of nitrogens with one attached hydrogen (secondary N) is 1. The lowest BCUT2D eigenvalue weighted by Gasteiger charge is -2.27. The van der Waals surface area contributed by atoms with Crippen molar-refractivity contribution in [2.45, 2.75) is 76.9 Å². The van der Waals surface area contributed by atoms with Crippen LogP contribution in [0.25, 0.3) is 0 Å². The fourth-order valence-corrected chi connectivity index (χ4v) is 4.05. The summed E-state index contributed by atoms with van der Waals surface area (Å²) in [6.07, 6.45) is 12.3. The molecule has 1 amide bonds. The van der Waals surface area contributed by atoms with Gasteiger partial charge in [0.2, 0.25) is 0 Å². The van der Waals surface area contributed by atoms with E-state index in [9.17, 15) is 9.59 Å². The number of carbonyl (C=O) groups excluding carboxylic acids is 1. The van der Waals surface area contributed by atoms with Gasteiger partial charge in [0.25, 0.3) is 0 Å². The molecular formula is C20H33NO5. The van der Waals surface area contributed by atoms with Gasteiger partial charge in [0.05, 0.1) is 18.8 Å². The quantitative estimate of drug-likeness (QED) is 0.404. The number of unbranched alkanes of at least 4 members (excludes halogenated alkanes) is 2. The molecule has 4 atom stereocenters. The van der Waals surface area contributed by atoms with Crippen molar-refractivity contribution >= 4 is 12.1 Å². The lowest BCUT2D eigenvalue weighted by molar-refractivity contribution is -0.137. The molecule has 2 saturated heterocycles. The van der Waals surface area contributed by atoms with Gasteiger partial charge in [-0.1, -0.05) is 25.5 Å². The maximum Gasteiger partial charge on any atom is 0.407 e. The summed E-state index contributed by atoms with van der Waals surface area (Å²) in [5.41, 5.74) is 0. The van der Waals surface area contributed by atoms with Crippen molar-refractivity contribution in [2.24, 2.45) is 11.8 Å². The monoisotopic (exact) mass is 367 g/mol. The van der Waals surface area contributed by atoms with Crippen LogP contribution in [0.3, 0.4) is 0 Å². The van der Waals surface area contributed by atoms with Crippen LogP contribution < -0.4 is 5.32 Å². The lowest BCUT2D eigenvalue weighted by Crippen LogP contribution is -2.30. The average molecular weight is 367 g/mol. The maximum absolute atomic E-state index is 11.6. The largest absolute Gasteiger partial charge is 0.481 e. The summed E-state index contributed by atoms with van der Waals surface area (Å²) in [4.78, 5) is 22.1. The summed E-state index contributed by atoms with van der Waals surface area (Å²) in [5, 5.41) is 11.4. The number of carboxylic acid groups (broad SMARTS) is 1. The molecule has 2 aliphatic heterocycles. The first-order chi connectivity index (χ1) is 12.6. The third kappa shape index (κ3) is 6.63. The molecule has 2 heterocycles. The lowest BCUT2D eigenvalue weighted by atomic mass is 9.76. The number of carboxylic acids is 1. The molecule has 26 heavy (non-hydrogen) atoms. The molecule has 148 valence electrons. The van der Waals surface area contributed by atoms with E-state index in [-0.39, 0.29) is 12.5 Å². The normalized spacial score (nSPS) is 27.1. The van der Waals surface area contributed by atoms with Crippen molar-refractivity contribution in [3.8, 4) is 0 Å². The van der Waals surface area contributed by atoms with Gasteiger partial charge in [-0.3, -0.25) is 4.79 Å². The standard InChI is InChI=1S/C20H33NO5/c1-2-3-13-21-20(24)25-14-12-16-15(17-10-11-18(16)26-17)8-6-4-5-7-9-19(22)23/h4,6,15-18H,2-3,5,7-14H2,1H3,(H,21,24)(H,22,23)/b6-4-/t15-,16+,17-,18+/m1/s1. The smallest absolute Gasteiger partial charge is 0.407 e. The molecule has 6 heteroatoms. The van der Waals surface area contributed by atoms with E-state index in [1.807, 2.05) is 0 Å². The molecule has 0 aromatic carbocycles. The van der Waals surface area contributed by atoms with Gasteiger partial charge >= 0.3 is 12.1 Å². The third-order valence-electron chi connectivity index (χ3n) is 5.41. The van der Waals surface area contributed by atoms with Crippen molar-refractivity contribution in [1.29, 1.82) is 0 Å². The molecular weight excluding hydrogens is 334 g/mol. The maximum atomic E-state index is 11.6. The topological polar surface area (TPSA) is 84.9 Å². The first-order valence-corrected chi connectivity index (χ1v) is 10.0. The summed E-state index contributed by atoms with van der Waals surface area (Å²) in [7, 11) is 0. The number of rotatable bonds is 12. The van der Waals surface area contributed by atoms with Gasteiger partial charge in [-0.25, -0.2) is 4.79 Å². The molecule has 0 unspecified atom stereocenters. The second-order valence-electron chi connectivity index (χ2n) is 7.32. The number of aliphatic carboxylic acids is 1. The second-order valence-corrected chi connectivity index (χ2v) is 7.32. The Morgan fingerprint density at radius 1 is 1.19 bits per heavy atom. The van der Waals surface area contributed by atoms with Crippen LogP contribution in [0.15, 0.2) is 12.2 Å². The Hall–Kier alpha value is -1.56. The Labute approximate surface area is 156 Å². The molecule has 2 aliphatic rings. The summed E-state index contributed by atoms with van der Waals surface area (Å²) in [6, 6.07) is 0. The molecule has 0 spiro atoms. The summed E-state index contributed by atoms with van der Waals surface area (Å²) in [6.45, 7) is 3.19. The molecule has 0 saturated carbocycles. The highest BCUT2D eigenvalue weighted by atomic mass is 16.5. The van der Waals surface area contributed by atoms with E-state index >= 15 is 0 Å². The van der Waals surface area contributed by atoms with Gasteiger partial charge in [0, 0.05) is 13.0 Å². The van der Waals surface area contributed by atoms with E-state index in [4.69, 9.17) is 14.6 Å². The van der Waals surface area contributed by atoms with Crippen LogP contribution in [0.1, 0.15) is 64.7 Å². The van der Waals surface area contributed by atoms with E-state index in [1.165, 1.54) is 0 Å².